The average molecular weight is 432 g/mol. The Kier molecular flexibility index (Phi) is 5.04. The molecular weight excluding hydrogens is 410 g/mol. The minimum atomic E-state index is -1.23. The summed E-state index contributed by atoms with van der Waals surface area (Å²) >= 11 is 1.27. The molecule has 3 aromatic carbocycles. The summed E-state index contributed by atoms with van der Waals surface area (Å²) in [7, 11) is 0. The van der Waals surface area contributed by atoms with Crippen molar-refractivity contribution in [3.05, 3.63) is 95.6 Å². The molecule has 2 N–H and O–H groups in total. The van der Waals surface area contributed by atoms with E-state index in [1.54, 1.807) is 0 Å². The molecule has 31 heavy (non-hydrogen) atoms. The van der Waals surface area contributed by atoms with Crippen LogP contribution >= 0.6 is 11.8 Å². The second-order valence-electron chi connectivity index (χ2n) is 7.72. The molecule has 1 saturated heterocycles. The highest BCUT2D eigenvalue weighted by molar-refractivity contribution is 8.01. The normalized spacial score (nSPS) is 22.0. The van der Waals surface area contributed by atoms with E-state index in [9.17, 15) is 14.7 Å². The molecule has 5 rings (SSSR count). The molecule has 0 saturated carbocycles. The van der Waals surface area contributed by atoms with Crippen LogP contribution in [0.5, 0.6) is 0 Å². The fourth-order valence-corrected chi connectivity index (χ4v) is 5.79. The van der Waals surface area contributed by atoms with Crippen LogP contribution in [-0.4, -0.2) is 35.4 Å². The number of carbonyl (C=O) groups excluding carboxylic acids is 1. The molecule has 156 valence electrons. The maximum Gasteiger partial charge on any atom is 0.341 e. The monoisotopic (exact) mass is 431 g/mol. The first-order valence-electron chi connectivity index (χ1n) is 10.2. The largest absolute Gasteiger partial charge is 0.480 e. The number of fused-ring (bicyclic) bond motifs is 3. The molecule has 0 aromatic heterocycles. The topological polar surface area (TPSA) is 75.6 Å². The first-order valence-corrected chi connectivity index (χ1v) is 11.1. The first-order chi connectivity index (χ1) is 15.1. The van der Waals surface area contributed by atoms with Gasteiger partial charge in [-0.15, -0.1) is 11.8 Å². The molecule has 0 radical (unpaired) electrons. The van der Waals surface area contributed by atoms with Crippen LogP contribution in [0.2, 0.25) is 0 Å². The summed E-state index contributed by atoms with van der Waals surface area (Å²) in [5.74, 6) is -1.20. The van der Waals surface area contributed by atoms with Crippen LogP contribution in [0, 0.1) is 0 Å². The Labute approximate surface area is 184 Å². The summed E-state index contributed by atoms with van der Waals surface area (Å²) in [5, 5.41) is 12.5. The number of carboxylic acid groups (broad SMARTS) is 1. The van der Waals surface area contributed by atoms with Gasteiger partial charge < -0.3 is 9.84 Å². The number of carbonyl (C=O) groups is 2. The third-order valence-corrected chi connectivity index (χ3v) is 7.41. The summed E-state index contributed by atoms with van der Waals surface area (Å²) in [6, 6.07) is 24.7. The third-order valence-electron chi connectivity index (χ3n) is 5.95. The smallest absolute Gasteiger partial charge is 0.341 e. The highest BCUT2D eigenvalue weighted by Crippen LogP contribution is 2.46. The fraction of sp³-hybridized carbons (Fsp3) is 0.200. The van der Waals surface area contributed by atoms with Crippen LogP contribution < -0.4 is 5.32 Å². The maximum absolute atomic E-state index is 13.4. The van der Waals surface area contributed by atoms with Gasteiger partial charge in [-0.3, -0.25) is 10.1 Å². The lowest BCUT2D eigenvalue weighted by Gasteiger charge is -2.28. The van der Waals surface area contributed by atoms with Gasteiger partial charge in [-0.1, -0.05) is 78.9 Å². The minimum absolute atomic E-state index is 0.0501. The molecule has 0 spiro atoms. The summed E-state index contributed by atoms with van der Waals surface area (Å²) in [6.07, 6.45) is 0. The van der Waals surface area contributed by atoms with Crippen molar-refractivity contribution in [1.29, 1.82) is 0 Å². The second kappa shape index (κ2) is 7.87. The van der Waals surface area contributed by atoms with Gasteiger partial charge in [0.1, 0.15) is 12.6 Å². The highest BCUT2D eigenvalue weighted by atomic mass is 32.2. The van der Waals surface area contributed by atoms with E-state index in [1.807, 2.05) is 54.6 Å². The lowest BCUT2D eigenvalue weighted by atomic mass is 9.98. The van der Waals surface area contributed by atoms with Gasteiger partial charge in [0.2, 0.25) is 0 Å². The molecule has 1 heterocycles. The van der Waals surface area contributed by atoms with Crippen LogP contribution in [-0.2, 0) is 19.2 Å². The third kappa shape index (κ3) is 3.32. The Bertz CT molecular complexity index is 1100. The Morgan fingerprint density at radius 1 is 0.935 bits per heavy atom. The van der Waals surface area contributed by atoms with Gasteiger partial charge in [0.15, 0.2) is 4.87 Å². The van der Waals surface area contributed by atoms with Crippen molar-refractivity contribution in [3.8, 4) is 11.1 Å². The van der Waals surface area contributed by atoms with Crippen molar-refractivity contribution in [2.75, 3.05) is 12.4 Å². The predicted molar refractivity (Wildman–Crippen MR) is 120 cm³/mol. The van der Waals surface area contributed by atoms with E-state index in [2.05, 4.69) is 29.6 Å². The number of aliphatic carboxylic acids is 1. The van der Waals surface area contributed by atoms with Crippen molar-refractivity contribution in [1.82, 2.24) is 5.32 Å². The molecule has 6 heteroatoms. The average Bonchev–Trinajstić information content (AvgIpc) is 3.40. The molecule has 5 nitrogen and oxygen atoms in total. The van der Waals surface area contributed by atoms with E-state index in [0.717, 1.165) is 22.3 Å². The number of rotatable bonds is 5. The Hall–Kier alpha value is -3.09. The van der Waals surface area contributed by atoms with E-state index >= 15 is 0 Å². The number of carboxylic acids is 1. The van der Waals surface area contributed by atoms with Crippen molar-refractivity contribution in [2.24, 2.45) is 0 Å². The van der Waals surface area contributed by atoms with E-state index in [0.29, 0.717) is 5.56 Å². The zero-order valence-electron chi connectivity index (χ0n) is 16.7. The molecule has 2 unspecified atom stereocenters. The molecule has 1 aliphatic carbocycles. The number of thioether (sulfide) groups is 1. The molecule has 0 bridgehead atoms. The summed E-state index contributed by atoms with van der Waals surface area (Å²) in [4.78, 5) is 23.7. The predicted octanol–water partition coefficient (Wildman–Crippen LogP) is 3.98. The van der Waals surface area contributed by atoms with Crippen LogP contribution in [0.15, 0.2) is 78.9 Å². The first kappa shape index (κ1) is 19.8. The molecule has 0 amide bonds. The van der Waals surface area contributed by atoms with E-state index < -0.39 is 22.9 Å². The number of ether oxygens (including phenoxy) is 1. The van der Waals surface area contributed by atoms with Crippen LogP contribution in [0.1, 0.15) is 22.6 Å². The molecule has 2 aliphatic rings. The van der Waals surface area contributed by atoms with Crippen LogP contribution in [0.3, 0.4) is 0 Å². The van der Waals surface area contributed by atoms with Crippen LogP contribution in [0.25, 0.3) is 11.1 Å². The minimum Gasteiger partial charge on any atom is -0.480 e. The van der Waals surface area contributed by atoms with Gasteiger partial charge in [-0.25, -0.2) is 4.79 Å². The van der Waals surface area contributed by atoms with Gasteiger partial charge in [0.25, 0.3) is 0 Å². The Balaban J connectivity index is 1.43. The van der Waals surface area contributed by atoms with Gasteiger partial charge in [0.05, 0.1) is 0 Å². The van der Waals surface area contributed by atoms with Crippen molar-refractivity contribution in [3.63, 3.8) is 0 Å². The van der Waals surface area contributed by atoms with Gasteiger partial charge in [-0.05, 0) is 27.8 Å². The molecule has 3 aromatic rings. The molecular formula is C25H21NO4S. The standard InChI is InChI=1S/C25H21NO4S/c27-23(28)22-15-31-25(26-22,16-8-2-1-3-9-16)24(29)30-14-21-19-12-6-4-10-17(19)18-11-5-7-13-20(18)21/h1-13,21-22,26H,14-15H2,(H,27,28). The molecule has 2 atom stereocenters. The lowest BCUT2D eigenvalue weighted by molar-refractivity contribution is -0.149. The van der Waals surface area contributed by atoms with Crippen molar-refractivity contribution in [2.45, 2.75) is 16.8 Å². The molecule has 1 aliphatic heterocycles. The Morgan fingerprint density at radius 3 is 2.10 bits per heavy atom. The SMILES string of the molecule is O=C(O)C1CSC(C(=O)OCC2c3ccccc3-c3ccccc32)(c2ccccc2)N1. The van der Waals surface area contributed by atoms with Gasteiger partial charge >= 0.3 is 11.9 Å². The summed E-state index contributed by atoms with van der Waals surface area (Å²) in [6.45, 7) is 0.196. The number of hydrogen-bond acceptors (Lipinski definition) is 5. The van der Waals surface area contributed by atoms with Gasteiger partial charge in [-0.2, -0.15) is 0 Å². The maximum atomic E-state index is 13.4. The van der Waals surface area contributed by atoms with E-state index in [-0.39, 0.29) is 18.3 Å². The highest BCUT2D eigenvalue weighted by Gasteiger charge is 2.51. The zero-order chi connectivity index (χ0) is 21.4. The summed E-state index contributed by atoms with van der Waals surface area (Å²) in [5.41, 5.74) is 5.30. The number of hydrogen-bond donors (Lipinski definition) is 2. The number of nitrogens with one attached hydrogen (secondary N) is 1. The zero-order valence-corrected chi connectivity index (χ0v) is 17.5. The fourth-order valence-electron chi connectivity index (χ4n) is 4.45. The molecule has 1 fully saturated rings. The number of benzene rings is 3. The Morgan fingerprint density at radius 2 is 1.52 bits per heavy atom. The quantitative estimate of drug-likeness (QED) is 0.595. The van der Waals surface area contributed by atoms with Crippen molar-refractivity contribution < 1.29 is 19.4 Å². The van der Waals surface area contributed by atoms with Gasteiger partial charge in [0, 0.05) is 11.7 Å². The number of esters is 1. The lowest BCUT2D eigenvalue weighted by Crippen LogP contribution is -2.49. The summed E-state index contributed by atoms with van der Waals surface area (Å²) < 4.78 is 5.89. The van der Waals surface area contributed by atoms with Crippen LogP contribution in [0.4, 0.5) is 0 Å². The van der Waals surface area contributed by atoms with E-state index in [4.69, 9.17) is 4.74 Å². The second-order valence-corrected chi connectivity index (χ2v) is 8.95. The van der Waals surface area contributed by atoms with E-state index in [1.165, 1.54) is 11.8 Å². The van der Waals surface area contributed by atoms with Crippen molar-refractivity contribution >= 4 is 23.7 Å².